The summed E-state index contributed by atoms with van der Waals surface area (Å²) < 4.78 is 0. The van der Waals surface area contributed by atoms with E-state index in [0.29, 0.717) is 19.3 Å². The van der Waals surface area contributed by atoms with Crippen molar-refractivity contribution in [3.63, 3.8) is 0 Å². The van der Waals surface area contributed by atoms with Crippen LogP contribution in [-0.4, -0.2) is 44.7 Å². The number of aliphatic carboxylic acids is 1. The Kier molecular flexibility index (Phi) is 12.3. The van der Waals surface area contributed by atoms with E-state index in [1.54, 1.807) is 6.08 Å². The van der Waals surface area contributed by atoms with E-state index in [1.807, 2.05) is 12.2 Å². The minimum atomic E-state index is -0.777. The van der Waals surface area contributed by atoms with Crippen LogP contribution in [-0.2, 0) is 4.79 Å². The first kappa shape index (κ1) is 23.9. The molecule has 27 heavy (non-hydrogen) atoms. The van der Waals surface area contributed by atoms with Gasteiger partial charge in [0.1, 0.15) is 0 Å². The van der Waals surface area contributed by atoms with Crippen molar-refractivity contribution in [1.29, 1.82) is 0 Å². The van der Waals surface area contributed by atoms with Crippen molar-refractivity contribution in [3.8, 4) is 0 Å². The van der Waals surface area contributed by atoms with E-state index < -0.39 is 24.3 Å². The molecule has 5 heteroatoms. The average Bonchev–Trinajstić information content (AvgIpc) is 2.88. The number of allylic oxidation sites excluding steroid dienone is 1. The van der Waals surface area contributed by atoms with Crippen LogP contribution >= 0.6 is 0 Å². The zero-order chi connectivity index (χ0) is 20.1. The number of carbonyl (C=O) groups is 1. The summed E-state index contributed by atoms with van der Waals surface area (Å²) in [5.41, 5.74) is 0. The third-order valence-corrected chi connectivity index (χ3v) is 5.42. The van der Waals surface area contributed by atoms with Crippen LogP contribution in [0, 0.1) is 11.8 Å². The number of aliphatic hydroxyl groups excluding tert-OH is 3. The number of hydrogen-bond acceptors (Lipinski definition) is 4. The van der Waals surface area contributed by atoms with Crippen molar-refractivity contribution in [2.75, 3.05) is 0 Å². The van der Waals surface area contributed by atoms with Gasteiger partial charge in [0.2, 0.25) is 0 Å². The van der Waals surface area contributed by atoms with E-state index in [2.05, 4.69) is 13.0 Å². The van der Waals surface area contributed by atoms with Gasteiger partial charge in [-0.3, -0.25) is 4.79 Å². The standard InChI is InChI=1S/C22H38O5/c1-2-3-4-5-6-8-11-17(23)14-15-19-18(20(24)16-21(19)25)12-9-7-10-13-22(26)27/h6,8,14-15,17-21,23-25H,2-5,7,9-13,16H2,1H3,(H,26,27)/b8-6-,15-14+/t17-,18+,19+,20-,21+/m0/s1. The fraction of sp³-hybridized carbons (Fsp3) is 0.773. The predicted octanol–water partition coefficient (Wildman–Crippen LogP) is 3.82. The lowest BCUT2D eigenvalue weighted by Crippen LogP contribution is -2.21. The van der Waals surface area contributed by atoms with Gasteiger partial charge in [-0.25, -0.2) is 0 Å². The average molecular weight is 383 g/mol. The zero-order valence-corrected chi connectivity index (χ0v) is 16.7. The Morgan fingerprint density at radius 2 is 1.85 bits per heavy atom. The van der Waals surface area contributed by atoms with Gasteiger partial charge in [0, 0.05) is 18.8 Å². The molecule has 0 aliphatic heterocycles. The third kappa shape index (κ3) is 10.1. The molecular formula is C22H38O5. The molecule has 4 N–H and O–H groups in total. The highest BCUT2D eigenvalue weighted by Gasteiger charge is 2.39. The van der Waals surface area contributed by atoms with Crippen molar-refractivity contribution in [2.45, 2.75) is 95.9 Å². The largest absolute Gasteiger partial charge is 0.481 e. The fourth-order valence-corrected chi connectivity index (χ4v) is 3.81. The van der Waals surface area contributed by atoms with E-state index in [0.717, 1.165) is 25.7 Å². The molecule has 0 radical (unpaired) electrons. The smallest absolute Gasteiger partial charge is 0.303 e. The zero-order valence-electron chi connectivity index (χ0n) is 16.7. The van der Waals surface area contributed by atoms with Crippen LogP contribution in [0.3, 0.4) is 0 Å². The molecule has 0 bridgehead atoms. The van der Waals surface area contributed by atoms with E-state index in [9.17, 15) is 20.1 Å². The molecule has 0 unspecified atom stereocenters. The molecule has 0 amide bonds. The minimum absolute atomic E-state index is 0.0298. The summed E-state index contributed by atoms with van der Waals surface area (Å²) >= 11 is 0. The third-order valence-electron chi connectivity index (χ3n) is 5.42. The van der Waals surface area contributed by atoms with Gasteiger partial charge in [-0.2, -0.15) is 0 Å². The summed E-state index contributed by atoms with van der Waals surface area (Å²) in [5, 5.41) is 39.2. The van der Waals surface area contributed by atoms with Crippen LogP contribution in [0.5, 0.6) is 0 Å². The molecule has 1 aliphatic carbocycles. The number of unbranched alkanes of at least 4 members (excludes halogenated alkanes) is 5. The summed E-state index contributed by atoms with van der Waals surface area (Å²) in [5.74, 6) is -0.957. The maximum absolute atomic E-state index is 10.5. The monoisotopic (exact) mass is 382 g/mol. The van der Waals surface area contributed by atoms with Gasteiger partial charge in [-0.05, 0) is 38.0 Å². The second-order valence-corrected chi connectivity index (χ2v) is 7.76. The van der Waals surface area contributed by atoms with Crippen molar-refractivity contribution >= 4 is 5.97 Å². The van der Waals surface area contributed by atoms with Gasteiger partial charge >= 0.3 is 5.97 Å². The Labute approximate surface area is 163 Å². The Bertz CT molecular complexity index is 460. The number of carboxylic acids is 1. The number of hydrogen-bond donors (Lipinski definition) is 4. The number of aliphatic hydroxyl groups is 3. The predicted molar refractivity (Wildman–Crippen MR) is 107 cm³/mol. The van der Waals surface area contributed by atoms with Crippen LogP contribution < -0.4 is 0 Å². The van der Waals surface area contributed by atoms with Gasteiger partial charge in [0.05, 0.1) is 18.3 Å². The maximum atomic E-state index is 10.5. The summed E-state index contributed by atoms with van der Waals surface area (Å²) in [6.07, 6.45) is 14.8. The highest BCUT2D eigenvalue weighted by Crippen LogP contribution is 2.37. The van der Waals surface area contributed by atoms with Gasteiger partial charge in [0.25, 0.3) is 0 Å². The molecule has 0 aromatic heterocycles. The SMILES string of the molecule is CCCCC/C=C\C[C@H](O)/C=C/[C@@H]1[C@@H](CCCCCC(=O)O)[C@@H](O)C[C@H]1O. The molecule has 156 valence electrons. The summed E-state index contributed by atoms with van der Waals surface area (Å²) in [4.78, 5) is 10.5. The lowest BCUT2D eigenvalue weighted by molar-refractivity contribution is -0.137. The van der Waals surface area contributed by atoms with Crippen LogP contribution in [0.15, 0.2) is 24.3 Å². The van der Waals surface area contributed by atoms with Crippen LogP contribution in [0.1, 0.15) is 77.6 Å². The van der Waals surface area contributed by atoms with Gasteiger partial charge in [0.15, 0.2) is 0 Å². The van der Waals surface area contributed by atoms with Gasteiger partial charge in [-0.15, -0.1) is 0 Å². The highest BCUT2D eigenvalue weighted by molar-refractivity contribution is 5.66. The molecule has 1 saturated carbocycles. The summed E-state index contributed by atoms with van der Waals surface area (Å²) in [6, 6.07) is 0. The first-order valence-electron chi connectivity index (χ1n) is 10.5. The number of carboxylic acid groups (broad SMARTS) is 1. The lowest BCUT2D eigenvalue weighted by atomic mass is 9.88. The Hall–Kier alpha value is -1.17. The molecule has 1 aliphatic rings. The molecule has 5 nitrogen and oxygen atoms in total. The Morgan fingerprint density at radius 1 is 1.07 bits per heavy atom. The molecule has 1 rings (SSSR count). The normalized spacial score (nSPS) is 27.0. The van der Waals surface area contributed by atoms with Crippen LogP contribution in [0.4, 0.5) is 0 Å². The van der Waals surface area contributed by atoms with Crippen LogP contribution in [0.25, 0.3) is 0 Å². The van der Waals surface area contributed by atoms with E-state index >= 15 is 0 Å². The van der Waals surface area contributed by atoms with Crippen molar-refractivity contribution in [3.05, 3.63) is 24.3 Å². The van der Waals surface area contributed by atoms with E-state index in [1.165, 1.54) is 19.3 Å². The van der Waals surface area contributed by atoms with Crippen LogP contribution in [0.2, 0.25) is 0 Å². The quantitative estimate of drug-likeness (QED) is 0.270. The molecule has 0 aromatic carbocycles. The topological polar surface area (TPSA) is 98.0 Å². The lowest BCUT2D eigenvalue weighted by Gasteiger charge is -2.21. The number of rotatable bonds is 14. The second kappa shape index (κ2) is 13.9. The van der Waals surface area contributed by atoms with Gasteiger partial charge < -0.3 is 20.4 Å². The van der Waals surface area contributed by atoms with Crippen molar-refractivity contribution < 1.29 is 25.2 Å². The van der Waals surface area contributed by atoms with E-state index in [4.69, 9.17) is 5.11 Å². The molecule has 0 aromatic rings. The van der Waals surface area contributed by atoms with E-state index in [-0.39, 0.29) is 18.3 Å². The summed E-state index contributed by atoms with van der Waals surface area (Å²) in [7, 11) is 0. The minimum Gasteiger partial charge on any atom is -0.481 e. The molecule has 1 fully saturated rings. The van der Waals surface area contributed by atoms with Crippen molar-refractivity contribution in [2.24, 2.45) is 11.8 Å². The van der Waals surface area contributed by atoms with Gasteiger partial charge in [-0.1, -0.05) is 56.9 Å². The first-order chi connectivity index (χ1) is 13.0. The first-order valence-corrected chi connectivity index (χ1v) is 10.5. The second-order valence-electron chi connectivity index (χ2n) is 7.76. The molecular weight excluding hydrogens is 344 g/mol. The molecule has 0 saturated heterocycles. The maximum Gasteiger partial charge on any atom is 0.303 e. The molecule has 5 atom stereocenters. The molecule has 0 spiro atoms. The summed E-state index contributed by atoms with van der Waals surface area (Å²) in [6.45, 7) is 2.18. The Morgan fingerprint density at radius 3 is 2.56 bits per heavy atom. The Balaban J connectivity index is 2.39. The van der Waals surface area contributed by atoms with Crippen molar-refractivity contribution in [1.82, 2.24) is 0 Å². The molecule has 0 heterocycles. The fourth-order valence-electron chi connectivity index (χ4n) is 3.81. The highest BCUT2D eigenvalue weighted by atomic mass is 16.4.